The summed E-state index contributed by atoms with van der Waals surface area (Å²) < 4.78 is 29.9. The first-order valence-corrected chi connectivity index (χ1v) is 12.7. The zero-order chi connectivity index (χ0) is 25.2. The predicted octanol–water partition coefficient (Wildman–Crippen LogP) is 4.93. The molecule has 0 saturated carbocycles. The number of benzene rings is 2. The Morgan fingerprint density at radius 3 is 2.61 bits per heavy atom. The van der Waals surface area contributed by atoms with Crippen LogP contribution in [0, 0.1) is 17.6 Å². The maximum Gasteiger partial charge on any atom is 0.227 e. The summed E-state index contributed by atoms with van der Waals surface area (Å²) in [6.45, 7) is 4.43. The number of rotatable bonds is 6. The summed E-state index contributed by atoms with van der Waals surface area (Å²) >= 11 is 0. The summed E-state index contributed by atoms with van der Waals surface area (Å²) in [6.07, 6.45) is 6.84. The minimum atomic E-state index is -0.545. The van der Waals surface area contributed by atoms with Gasteiger partial charge in [-0.1, -0.05) is 25.5 Å². The molecule has 0 aliphatic carbocycles. The SMILES string of the molecule is CCC1CCN(c2ncnc3c(-c4ccc(CC(=O)N5CCCC5C=O)c(F)c4)cc(F)cc23)CC1. The summed E-state index contributed by atoms with van der Waals surface area (Å²) in [5.74, 6) is 0.149. The van der Waals surface area contributed by atoms with Gasteiger partial charge in [0.05, 0.1) is 18.0 Å². The van der Waals surface area contributed by atoms with E-state index in [4.69, 9.17) is 0 Å². The van der Waals surface area contributed by atoms with E-state index in [9.17, 15) is 14.0 Å². The van der Waals surface area contributed by atoms with Gasteiger partial charge in [0.15, 0.2) is 0 Å². The lowest BCUT2D eigenvalue weighted by atomic mass is 9.94. The van der Waals surface area contributed by atoms with Crippen LogP contribution in [-0.2, 0) is 16.0 Å². The normalized spacial score (nSPS) is 18.7. The van der Waals surface area contributed by atoms with Crippen molar-refractivity contribution >= 4 is 28.9 Å². The van der Waals surface area contributed by atoms with Crippen LogP contribution in [-0.4, -0.2) is 52.7 Å². The van der Waals surface area contributed by atoms with Crippen LogP contribution in [0.5, 0.6) is 0 Å². The van der Waals surface area contributed by atoms with E-state index in [1.54, 1.807) is 12.1 Å². The number of halogens is 2. The van der Waals surface area contributed by atoms with Crippen LogP contribution in [0.15, 0.2) is 36.7 Å². The minimum Gasteiger partial charge on any atom is -0.356 e. The minimum absolute atomic E-state index is 0.125. The maximum atomic E-state index is 15.1. The number of amides is 1. The molecule has 3 heterocycles. The van der Waals surface area contributed by atoms with Gasteiger partial charge in [-0.15, -0.1) is 0 Å². The molecule has 36 heavy (non-hydrogen) atoms. The molecule has 6 nitrogen and oxygen atoms in total. The molecule has 5 rings (SSSR count). The third-order valence-corrected chi connectivity index (χ3v) is 7.66. The first-order chi connectivity index (χ1) is 17.5. The molecular formula is C28H30F2N4O2. The van der Waals surface area contributed by atoms with Crippen LogP contribution in [0.2, 0.25) is 0 Å². The molecule has 1 unspecified atom stereocenters. The third kappa shape index (κ3) is 4.68. The summed E-state index contributed by atoms with van der Waals surface area (Å²) in [4.78, 5) is 36.5. The van der Waals surface area contributed by atoms with Gasteiger partial charge in [-0.3, -0.25) is 4.79 Å². The fraction of sp³-hybridized carbons (Fsp3) is 0.429. The van der Waals surface area contributed by atoms with Crippen molar-refractivity contribution in [3.63, 3.8) is 0 Å². The Balaban J connectivity index is 1.45. The van der Waals surface area contributed by atoms with Gasteiger partial charge in [-0.05, 0) is 60.9 Å². The molecule has 1 atom stereocenters. The van der Waals surface area contributed by atoms with Crippen LogP contribution < -0.4 is 4.90 Å². The van der Waals surface area contributed by atoms with Crippen LogP contribution in [0.1, 0.15) is 44.6 Å². The number of aldehydes is 1. The van der Waals surface area contributed by atoms with Gasteiger partial charge in [0.1, 0.15) is 30.1 Å². The maximum absolute atomic E-state index is 15.1. The van der Waals surface area contributed by atoms with Gasteiger partial charge >= 0.3 is 0 Å². The molecule has 2 fully saturated rings. The molecule has 0 radical (unpaired) electrons. The second-order valence-electron chi connectivity index (χ2n) is 9.80. The van der Waals surface area contributed by atoms with Crippen molar-refractivity contribution < 1.29 is 18.4 Å². The van der Waals surface area contributed by atoms with Crippen molar-refractivity contribution in [2.24, 2.45) is 5.92 Å². The molecule has 0 bridgehead atoms. The number of hydrogen-bond donors (Lipinski definition) is 0. The first kappa shape index (κ1) is 24.3. The molecule has 2 aromatic carbocycles. The lowest BCUT2D eigenvalue weighted by molar-refractivity contribution is -0.133. The number of anilines is 1. The van der Waals surface area contributed by atoms with E-state index in [1.807, 2.05) is 0 Å². The summed E-state index contributed by atoms with van der Waals surface area (Å²) in [5, 5.41) is 0.607. The Morgan fingerprint density at radius 2 is 1.89 bits per heavy atom. The summed E-state index contributed by atoms with van der Waals surface area (Å²) in [5.41, 5.74) is 1.77. The highest BCUT2D eigenvalue weighted by atomic mass is 19.1. The van der Waals surface area contributed by atoms with Gasteiger partial charge in [0.25, 0.3) is 0 Å². The molecule has 8 heteroatoms. The Hall–Kier alpha value is -3.42. The standard InChI is InChI=1S/C28H30F2N4O2/c1-2-18-7-10-33(11-8-18)28-24-15-21(29)14-23(27(24)31-17-32-28)19-5-6-20(25(30)12-19)13-26(36)34-9-3-4-22(34)16-35/h5-6,12,14-18,22H,2-4,7-11,13H2,1H3. The second-order valence-corrected chi connectivity index (χ2v) is 9.80. The number of carbonyl (C=O) groups excluding carboxylic acids is 2. The molecule has 1 aromatic heterocycles. The number of nitrogens with zero attached hydrogens (tertiary/aromatic N) is 4. The number of aromatic nitrogens is 2. The Morgan fingerprint density at radius 1 is 1.08 bits per heavy atom. The molecule has 3 aromatic rings. The average molecular weight is 493 g/mol. The van der Waals surface area contributed by atoms with Gasteiger partial charge < -0.3 is 14.6 Å². The average Bonchev–Trinajstić information content (AvgIpc) is 3.38. The van der Waals surface area contributed by atoms with Crippen LogP contribution in [0.3, 0.4) is 0 Å². The monoisotopic (exact) mass is 492 g/mol. The summed E-state index contributed by atoms with van der Waals surface area (Å²) in [7, 11) is 0. The van der Waals surface area contributed by atoms with Crippen molar-refractivity contribution in [1.82, 2.24) is 14.9 Å². The van der Waals surface area contributed by atoms with Crippen molar-refractivity contribution in [1.29, 1.82) is 0 Å². The van der Waals surface area contributed by atoms with Crippen LogP contribution >= 0.6 is 0 Å². The van der Waals surface area contributed by atoms with Gasteiger partial charge in [-0.25, -0.2) is 18.7 Å². The lowest BCUT2D eigenvalue weighted by Gasteiger charge is -2.33. The van der Waals surface area contributed by atoms with E-state index >= 15 is 4.39 Å². The van der Waals surface area contributed by atoms with Gasteiger partial charge in [-0.2, -0.15) is 0 Å². The zero-order valence-corrected chi connectivity index (χ0v) is 20.4. The Labute approximate surface area is 209 Å². The largest absolute Gasteiger partial charge is 0.356 e. The van der Waals surface area contributed by atoms with E-state index in [1.165, 1.54) is 29.4 Å². The van der Waals surface area contributed by atoms with Crippen molar-refractivity contribution in [3.8, 4) is 11.1 Å². The fourth-order valence-electron chi connectivity index (χ4n) is 5.51. The number of fused-ring (bicyclic) bond motifs is 1. The number of piperidine rings is 1. The van der Waals surface area contributed by atoms with E-state index in [0.29, 0.717) is 46.7 Å². The lowest BCUT2D eigenvalue weighted by Crippen LogP contribution is -2.37. The molecule has 2 aliphatic heterocycles. The highest BCUT2D eigenvalue weighted by Crippen LogP contribution is 2.35. The van der Waals surface area contributed by atoms with Gasteiger partial charge in [0, 0.05) is 30.6 Å². The quantitative estimate of drug-likeness (QED) is 0.457. The van der Waals surface area contributed by atoms with Crippen molar-refractivity contribution in [2.75, 3.05) is 24.5 Å². The molecule has 2 aliphatic rings. The highest BCUT2D eigenvalue weighted by molar-refractivity contribution is 5.99. The van der Waals surface area contributed by atoms with Crippen LogP contribution in [0.25, 0.3) is 22.0 Å². The van der Waals surface area contributed by atoms with Crippen molar-refractivity contribution in [3.05, 3.63) is 53.9 Å². The Kier molecular flexibility index (Phi) is 6.94. The number of carbonyl (C=O) groups is 2. The summed E-state index contributed by atoms with van der Waals surface area (Å²) in [6, 6.07) is 6.95. The highest BCUT2D eigenvalue weighted by Gasteiger charge is 2.29. The van der Waals surface area contributed by atoms with E-state index in [2.05, 4.69) is 21.8 Å². The molecule has 188 valence electrons. The second kappa shape index (κ2) is 10.3. The molecule has 2 saturated heterocycles. The predicted molar refractivity (Wildman–Crippen MR) is 135 cm³/mol. The first-order valence-electron chi connectivity index (χ1n) is 12.7. The fourth-order valence-corrected chi connectivity index (χ4v) is 5.51. The number of likely N-dealkylation sites (tertiary alicyclic amines) is 1. The molecule has 0 spiro atoms. The van der Waals surface area contributed by atoms with Crippen molar-refractivity contribution in [2.45, 2.75) is 51.5 Å². The molecular weight excluding hydrogens is 462 g/mol. The topological polar surface area (TPSA) is 66.4 Å². The van der Waals surface area contributed by atoms with Gasteiger partial charge in [0.2, 0.25) is 5.91 Å². The zero-order valence-electron chi connectivity index (χ0n) is 20.4. The van der Waals surface area contributed by atoms with E-state index < -0.39 is 17.7 Å². The molecule has 0 N–H and O–H groups in total. The van der Waals surface area contributed by atoms with E-state index in [-0.39, 0.29) is 17.9 Å². The van der Waals surface area contributed by atoms with E-state index in [0.717, 1.165) is 45.1 Å². The number of hydrogen-bond acceptors (Lipinski definition) is 5. The molecule has 1 amide bonds. The van der Waals surface area contributed by atoms with Crippen LogP contribution in [0.4, 0.5) is 14.6 Å². The smallest absolute Gasteiger partial charge is 0.227 e. The third-order valence-electron chi connectivity index (χ3n) is 7.66. The Bertz CT molecular complexity index is 1290.